The summed E-state index contributed by atoms with van der Waals surface area (Å²) < 4.78 is 10.8. The summed E-state index contributed by atoms with van der Waals surface area (Å²) in [5.41, 5.74) is 0.253. The first-order chi connectivity index (χ1) is 9.10. The zero-order chi connectivity index (χ0) is 13.9. The molecule has 1 fully saturated rings. The molecule has 5 heteroatoms. The first-order valence-corrected chi connectivity index (χ1v) is 7.24. The SMILES string of the molecule is CCOC1CC(NCCc2noc(C)n2)C1(C)CC. The second-order valence-corrected chi connectivity index (χ2v) is 5.53. The Bertz CT molecular complexity index is 407. The third-order valence-corrected chi connectivity index (χ3v) is 4.42. The monoisotopic (exact) mass is 267 g/mol. The molecule has 19 heavy (non-hydrogen) atoms. The Labute approximate surface area is 115 Å². The van der Waals surface area contributed by atoms with E-state index in [4.69, 9.17) is 9.26 Å². The van der Waals surface area contributed by atoms with E-state index in [0.29, 0.717) is 18.0 Å². The van der Waals surface area contributed by atoms with Gasteiger partial charge in [0.25, 0.3) is 0 Å². The lowest BCUT2D eigenvalue weighted by atomic mass is 9.61. The molecule has 2 rings (SSSR count). The van der Waals surface area contributed by atoms with E-state index in [0.717, 1.165) is 38.2 Å². The van der Waals surface area contributed by atoms with E-state index >= 15 is 0 Å². The van der Waals surface area contributed by atoms with Crippen LogP contribution in [0.3, 0.4) is 0 Å². The summed E-state index contributed by atoms with van der Waals surface area (Å²) in [7, 11) is 0. The Kier molecular flexibility index (Phi) is 4.58. The van der Waals surface area contributed by atoms with Crippen molar-refractivity contribution in [3.8, 4) is 0 Å². The molecule has 3 atom stereocenters. The van der Waals surface area contributed by atoms with Gasteiger partial charge >= 0.3 is 0 Å². The Balaban J connectivity index is 1.77. The van der Waals surface area contributed by atoms with E-state index in [1.807, 2.05) is 6.92 Å². The zero-order valence-electron chi connectivity index (χ0n) is 12.4. The highest BCUT2D eigenvalue weighted by atomic mass is 16.5. The van der Waals surface area contributed by atoms with Gasteiger partial charge in [-0.15, -0.1) is 0 Å². The average molecular weight is 267 g/mol. The highest BCUT2D eigenvalue weighted by molar-refractivity contribution is 5.05. The van der Waals surface area contributed by atoms with Crippen molar-refractivity contribution in [1.29, 1.82) is 0 Å². The van der Waals surface area contributed by atoms with Crippen molar-refractivity contribution in [2.24, 2.45) is 5.41 Å². The number of ether oxygens (including phenoxy) is 1. The first-order valence-electron chi connectivity index (χ1n) is 7.24. The van der Waals surface area contributed by atoms with Crippen LogP contribution in [0.5, 0.6) is 0 Å². The van der Waals surface area contributed by atoms with Gasteiger partial charge < -0.3 is 14.6 Å². The van der Waals surface area contributed by atoms with Crippen LogP contribution in [0.25, 0.3) is 0 Å². The van der Waals surface area contributed by atoms with Gasteiger partial charge in [0.15, 0.2) is 5.82 Å². The molecule has 1 saturated carbocycles. The minimum absolute atomic E-state index is 0.253. The van der Waals surface area contributed by atoms with E-state index in [1.54, 1.807) is 0 Å². The summed E-state index contributed by atoms with van der Waals surface area (Å²) in [5, 5.41) is 7.51. The molecule has 1 aliphatic rings. The highest BCUT2D eigenvalue weighted by Crippen LogP contribution is 2.45. The van der Waals surface area contributed by atoms with Crippen molar-refractivity contribution >= 4 is 0 Å². The smallest absolute Gasteiger partial charge is 0.223 e. The van der Waals surface area contributed by atoms with Gasteiger partial charge in [-0.1, -0.05) is 19.0 Å². The Morgan fingerprint density at radius 3 is 2.84 bits per heavy atom. The molecule has 0 aliphatic heterocycles. The van der Waals surface area contributed by atoms with Crippen molar-refractivity contribution < 1.29 is 9.26 Å². The normalized spacial score (nSPS) is 30.3. The number of aryl methyl sites for hydroxylation is 1. The molecule has 5 nitrogen and oxygen atoms in total. The lowest BCUT2D eigenvalue weighted by Gasteiger charge is -2.53. The van der Waals surface area contributed by atoms with Gasteiger partial charge in [-0.2, -0.15) is 4.98 Å². The van der Waals surface area contributed by atoms with Gasteiger partial charge in [-0.05, 0) is 19.8 Å². The summed E-state index contributed by atoms with van der Waals surface area (Å²) >= 11 is 0. The lowest BCUT2D eigenvalue weighted by molar-refractivity contribution is -0.125. The van der Waals surface area contributed by atoms with Gasteiger partial charge in [-0.3, -0.25) is 0 Å². The molecule has 1 N–H and O–H groups in total. The van der Waals surface area contributed by atoms with Gasteiger partial charge in [0, 0.05) is 38.0 Å². The fraction of sp³-hybridized carbons (Fsp3) is 0.857. The summed E-state index contributed by atoms with van der Waals surface area (Å²) in [6, 6.07) is 0.530. The van der Waals surface area contributed by atoms with Crippen LogP contribution >= 0.6 is 0 Å². The molecule has 1 aliphatic carbocycles. The molecule has 0 radical (unpaired) electrons. The molecule has 0 saturated heterocycles. The highest BCUT2D eigenvalue weighted by Gasteiger charge is 2.50. The second kappa shape index (κ2) is 6.01. The number of rotatable bonds is 7. The van der Waals surface area contributed by atoms with Crippen LogP contribution < -0.4 is 5.32 Å². The maximum atomic E-state index is 5.80. The van der Waals surface area contributed by atoms with Gasteiger partial charge in [0.05, 0.1) is 6.10 Å². The second-order valence-electron chi connectivity index (χ2n) is 5.53. The zero-order valence-corrected chi connectivity index (χ0v) is 12.4. The first kappa shape index (κ1) is 14.5. The molecule has 1 aromatic rings. The predicted molar refractivity (Wildman–Crippen MR) is 73.0 cm³/mol. The molecule has 1 aromatic heterocycles. The molecule has 3 unspecified atom stereocenters. The van der Waals surface area contributed by atoms with E-state index in [2.05, 4.69) is 36.2 Å². The van der Waals surface area contributed by atoms with E-state index in [1.165, 1.54) is 0 Å². The third-order valence-electron chi connectivity index (χ3n) is 4.42. The maximum absolute atomic E-state index is 5.80. The quantitative estimate of drug-likeness (QED) is 0.820. The summed E-state index contributed by atoms with van der Waals surface area (Å²) in [6.07, 6.45) is 3.44. The maximum Gasteiger partial charge on any atom is 0.223 e. The van der Waals surface area contributed by atoms with Crippen molar-refractivity contribution in [2.75, 3.05) is 13.2 Å². The fourth-order valence-corrected chi connectivity index (χ4v) is 2.87. The van der Waals surface area contributed by atoms with Crippen LogP contribution in [0.4, 0.5) is 0 Å². The van der Waals surface area contributed by atoms with Crippen molar-refractivity contribution in [3.05, 3.63) is 11.7 Å². The third kappa shape index (κ3) is 2.98. The number of hydrogen-bond acceptors (Lipinski definition) is 5. The number of hydrogen-bond donors (Lipinski definition) is 1. The van der Waals surface area contributed by atoms with Crippen LogP contribution in [0.15, 0.2) is 4.52 Å². The van der Waals surface area contributed by atoms with Gasteiger partial charge in [0.1, 0.15) is 0 Å². The lowest BCUT2D eigenvalue weighted by Crippen LogP contribution is -2.62. The Hall–Kier alpha value is -0.940. The van der Waals surface area contributed by atoms with Gasteiger partial charge in [0.2, 0.25) is 5.89 Å². The molecule has 1 heterocycles. The molecular weight excluding hydrogens is 242 g/mol. The van der Waals surface area contributed by atoms with E-state index < -0.39 is 0 Å². The van der Waals surface area contributed by atoms with Crippen molar-refractivity contribution in [1.82, 2.24) is 15.5 Å². The van der Waals surface area contributed by atoms with Crippen LogP contribution in [-0.4, -0.2) is 35.4 Å². The van der Waals surface area contributed by atoms with Crippen LogP contribution in [0.2, 0.25) is 0 Å². The molecule has 0 aromatic carbocycles. The molecule has 108 valence electrons. The average Bonchev–Trinajstić information content (AvgIpc) is 2.81. The largest absolute Gasteiger partial charge is 0.378 e. The van der Waals surface area contributed by atoms with Crippen molar-refractivity contribution in [2.45, 2.75) is 59.1 Å². The topological polar surface area (TPSA) is 60.2 Å². The Morgan fingerprint density at radius 2 is 2.26 bits per heavy atom. The van der Waals surface area contributed by atoms with Crippen LogP contribution in [0, 0.1) is 12.3 Å². The standard InChI is InChI=1S/C14H25N3O2/c1-5-14(4)11(9-12(14)18-6-2)15-8-7-13-16-10(3)19-17-13/h11-12,15H,5-9H2,1-4H3. The minimum atomic E-state index is 0.253. The predicted octanol–water partition coefficient (Wildman–Crippen LogP) is 2.10. The van der Waals surface area contributed by atoms with Crippen LogP contribution in [-0.2, 0) is 11.2 Å². The van der Waals surface area contributed by atoms with Crippen molar-refractivity contribution in [3.63, 3.8) is 0 Å². The number of nitrogens with zero attached hydrogens (tertiary/aromatic N) is 2. The van der Waals surface area contributed by atoms with E-state index in [-0.39, 0.29) is 5.41 Å². The molecular formula is C14H25N3O2. The summed E-state index contributed by atoms with van der Waals surface area (Å²) in [4.78, 5) is 4.21. The Morgan fingerprint density at radius 1 is 1.47 bits per heavy atom. The summed E-state index contributed by atoms with van der Waals surface area (Å²) in [5.74, 6) is 1.41. The van der Waals surface area contributed by atoms with Crippen LogP contribution in [0.1, 0.15) is 45.3 Å². The van der Waals surface area contributed by atoms with Gasteiger partial charge in [-0.25, -0.2) is 0 Å². The number of aromatic nitrogens is 2. The summed E-state index contributed by atoms with van der Waals surface area (Å²) in [6.45, 7) is 10.1. The minimum Gasteiger partial charge on any atom is -0.378 e. The molecule has 0 bridgehead atoms. The number of nitrogens with one attached hydrogen (secondary N) is 1. The van der Waals surface area contributed by atoms with E-state index in [9.17, 15) is 0 Å². The molecule has 0 spiro atoms. The molecule has 0 amide bonds. The fourth-order valence-electron chi connectivity index (χ4n) is 2.87.